The van der Waals surface area contributed by atoms with Crippen molar-refractivity contribution in [1.29, 1.82) is 0 Å². The molecule has 0 saturated heterocycles. The predicted molar refractivity (Wildman–Crippen MR) is 111 cm³/mol. The Morgan fingerprint density at radius 1 is 1.29 bits per heavy atom. The lowest BCUT2D eigenvalue weighted by molar-refractivity contribution is -0.565. The van der Waals surface area contributed by atoms with Gasteiger partial charge in [0.05, 0.1) is 11.1 Å². The maximum Gasteiger partial charge on any atom is 0.343 e. The minimum absolute atomic E-state index is 0.0411. The minimum Gasteiger partial charge on any atom is -0.618 e. The van der Waals surface area contributed by atoms with Crippen LogP contribution in [0.2, 0.25) is 0 Å². The summed E-state index contributed by atoms with van der Waals surface area (Å²) in [6.07, 6.45) is -0.00162. The number of para-hydroxylation sites is 1. The summed E-state index contributed by atoms with van der Waals surface area (Å²) >= 11 is 0. The number of pyridine rings is 2. The summed E-state index contributed by atoms with van der Waals surface area (Å²) < 4.78 is 13.4. The van der Waals surface area contributed by atoms with Crippen LogP contribution >= 0.6 is 0 Å². The monoisotopic (exact) mass is 422 g/mol. The number of esters is 1. The van der Waals surface area contributed by atoms with Crippen molar-refractivity contribution in [3.8, 4) is 11.4 Å². The number of benzene rings is 1. The van der Waals surface area contributed by atoms with Crippen LogP contribution in [0.4, 0.5) is 0 Å². The van der Waals surface area contributed by atoms with E-state index in [0.29, 0.717) is 23.4 Å². The van der Waals surface area contributed by atoms with Gasteiger partial charge in [-0.15, -0.1) is 0 Å². The lowest BCUT2D eigenvalue weighted by Crippen LogP contribution is -2.44. The first-order valence-corrected chi connectivity index (χ1v) is 10.4. The van der Waals surface area contributed by atoms with Crippen LogP contribution in [-0.2, 0) is 26.5 Å². The fraction of sp³-hybridized carbons (Fsp3) is 0.348. The minimum atomic E-state index is -1.94. The molecule has 4 heterocycles. The second-order valence-electron chi connectivity index (χ2n) is 7.91. The Morgan fingerprint density at radius 3 is 2.81 bits per heavy atom. The first-order valence-electron chi connectivity index (χ1n) is 10.4. The highest BCUT2D eigenvalue weighted by atomic mass is 16.6. The maximum atomic E-state index is 13.5. The van der Waals surface area contributed by atoms with E-state index in [1.165, 1.54) is 4.57 Å². The zero-order valence-electron chi connectivity index (χ0n) is 17.3. The second kappa shape index (κ2) is 6.90. The molecule has 0 saturated carbocycles. The summed E-state index contributed by atoms with van der Waals surface area (Å²) in [5.41, 5.74) is -0.332. The summed E-state index contributed by atoms with van der Waals surface area (Å²) in [5.74, 6) is -0.794. The van der Waals surface area contributed by atoms with Gasteiger partial charge in [-0.25, -0.2) is 4.79 Å². The SMILES string of the molecule is CCCOC1c2cc3ccccc3[n+]([O-])c2-c2cc3c(c(=O)n21)COC(=O)[C@]3(O)CC. The number of hydrogen-bond donors (Lipinski definition) is 1. The number of cyclic esters (lactones) is 1. The van der Waals surface area contributed by atoms with Crippen molar-refractivity contribution in [3.05, 3.63) is 68.6 Å². The number of hydrogen-bond acceptors (Lipinski definition) is 6. The normalized spacial score (nSPS) is 21.5. The molecule has 2 atom stereocenters. The van der Waals surface area contributed by atoms with E-state index in [9.17, 15) is 19.9 Å². The average molecular weight is 422 g/mol. The maximum absolute atomic E-state index is 13.5. The molecule has 5 rings (SSSR count). The van der Waals surface area contributed by atoms with Gasteiger partial charge in [-0.1, -0.05) is 26.0 Å². The van der Waals surface area contributed by atoms with Crippen LogP contribution in [0.1, 0.15) is 49.6 Å². The van der Waals surface area contributed by atoms with Gasteiger partial charge in [0.15, 0.2) is 11.8 Å². The zero-order valence-corrected chi connectivity index (χ0v) is 17.3. The topological polar surface area (TPSA) is 105 Å². The molecule has 2 aromatic heterocycles. The Kier molecular flexibility index (Phi) is 4.39. The molecular formula is C23H22N2O6. The number of carbonyl (C=O) groups is 1. The van der Waals surface area contributed by atoms with E-state index in [1.54, 1.807) is 25.1 Å². The number of nitrogens with zero attached hydrogens (tertiary/aromatic N) is 2. The third-order valence-corrected chi connectivity index (χ3v) is 6.15. The highest BCUT2D eigenvalue weighted by Crippen LogP contribution is 2.42. The van der Waals surface area contributed by atoms with Crippen LogP contribution in [0.3, 0.4) is 0 Å². The van der Waals surface area contributed by atoms with Crippen molar-refractivity contribution in [3.63, 3.8) is 0 Å². The Balaban J connectivity index is 1.86. The molecule has 31 heavy (non-hydrogen) atoms. The van der Waals surface area contributed by atoms with Gasteiger partial charge >= 0.3 is 5.97 Å². The highest BCUT2D eigenvalue weighted by molar-refractivity contribution is 5.85. The van der Waals surface area contributed by atoms with Gasteiger partial charge in [-0.3, -0.25) is 9.36 Å². The number of aromatic nitrogens is 2. The van der Waals surface area contributed by atoms with Crippen molar-refractivity contribution >= 4 is 16.9 Å². The average Bonchev–Trinajstić information content (AvgIpc) is 3.09. The second-order valence-corrected chi connectivity index (χ2v) is 7.91. The standard InChI is InChI=1S/C23H22N2O6/c1-3-9-30-21-14-10-13-7-5-6-8-17(13)25(29)19(14)18-11-16-15(20(26)24(18)21)12-31-22(27)23(16,28)4-2/h5-8,10-11,21,28H,3-4,9,12H2,1-2H3/t21?,23-/m0/s1. The highest BCUT2D eigenvalue weighted by Gasteiger charge is 2.47. The molecule has 160 valence electrons. The number of aliphatic hydroxyl groups is 1. The number of carbonyl (C=O) groups excluding carboxylic acids is 1. The molecule has 1 unspecified atom stereocenters. The van der Waals surface area contributed by atoms with Crippen molar-refractivity contribution in [1.82, 2.24) is 4.57 Å². The number of ether oxygens (including phenoxy) is 2. The molecule has 2 aliphatic rings. The van der Waals surface area contributed by atoms with Gasteiger partial charge in [0, 0.05) is 23.6 Å². The van der Waals surface area contributed by atoms with Gasteiger partial charge in [0.2, 0.25) is 11.2 Å². The molecule has 8 nitrogen and oxygen atoms in total. The largest absolute Gasteiger partial charge is 0.618 e. The molecule has 0 spiro atoms. The van der Waals surface area contributed by atoms with Crippen molar-refractivity contribution in [2.45, 2.75) is 45.1 Å². The molecule has 2 aliphatic heterocycles. The fourth-order valence-corrected chi connectivity index (χ4v) is 4.53. The first kappa shape index (κ1) is 19.7. The predicted octanol–water partition coefficient (Wildman–Crippen LogP) is 2.24. The van der Waals surface area contributed by atoms with Gasteiger partial charge in [-0.05, 0) is 31.0 Å². The molecule has 0 radical (unpaired) electrons. The summed E-state index contributed by atoms with van der Waals surface area (Å²) in [6.45, 7) is 3.77. The van der Waals surface area contributed by atoms with E-state index in [1.807, 2.05) is 25.1 Å². The van der Waals surface area contributed by atoms with Gasteiger partial charge in [0.1, 0.15) is 12.3 Å². The molecule has 8 heteroatoms. The third kappa shape index (κ3) is 2.58. The van der Waals surface area contributed by atoms with Gasteiger partial charge in [0.25, 0.3) is 5.56 Å². The Bertz CT molecular complexity index is 1300. The zero-order chi connectivity index (χ0) is 21.9. The third-order valence-electron chi connectivity index (χ3n) is 6.15. The van der Waals surface area contributed by atoms with Crippen LogP contribution in [0, 0.1) is 5.21 Å². The molecule has 0 aliphatic carbocycles. The number of rotatable bonds is 4. The Morgan fingerprint density at radius 2 is 2.06 bits per heavy atom. The molecule has 0 amide bonds. The first-order chi connectivity index (χ1) is 14.9. The van der Waals surface area contributed by atoms with E-state index in [0.717, 1.165) is 16.5 Å². The Labute approximate surface area is 177 Å². The van der Waals surface area contributed by atoms with Crippen LogP contribution < -0.4 is 10.3 Å². The molecule has 1 N–H and O–H groups in total. The smallest absolute Gasteiger partial charge is 0.343 e. The van der Waals surface area contributed by atoms with Crippen LogP contribution in [-0.4, -0.2) is 22.2 Å². The van der Waals surface area contributed by atoms with Gasteiger partial charge < -0.3 is 19.8 Å². The van der Waals surface area contributed by atoms with E-state index >= 15 is 0 Å². The number of fused-ring (bicyclic) bond motifs is 5. The molecule has 3 aromatic rings. The molecular weight excluding hydrogens is 400 g/mol. The van der Waals surface area contributed by atoms with E-state index in [4.69, 9.17) is 9.47 Å². The van der Waals surface area contributed by atoms with Crippen LogP contribution in [0.5, 0.6) is 0 Å². The summed E-state index contributed by atoms with van der Waals surface area (Å²) in [7, 11) is 0. The molecule has 1 aromatic carbocycles. The summed E-state index contributed by atoms with van der Waals surface area (Å²) in [4.78, 5) is 25.9. The lowest BCUT2D eigenvalue weighted by Gasteiger charge is -2.32. The van der Waals surface area contributed by atoms with E-state index in [2.05, 4.69) is 0 Å². The summed E-state index contributed by atoms with van der Waals surface area (Å²) in [6, 6.07) is 10.6. The van der Waals surface area contributed by atoms with Crippen molar-refractivity contribution in [2.24, 2.45) is 0 Å². The van der Waals surface area contributed by atoms with Crippen molar-refractivity contribution < 1.29 is 24.1 Å². The van der Waals surface area contributed by atoms with Crippen LogP contribution in [0.15, 0.2) is 41.2 Å². The quantitative estimate of drug-likeness (QED) is 0.393. The summed E-state index contributed by atoms with van der Waals surface area (Å²) in [5, 5.41) is 25.1. The van der Waals surface area contributed by atoms with E-state index in [-0.39, 0.29) is 29.8 Å². The molecule has 0 fully saturated rings. The van der Waals surface area contributed by atoms with Crippen molar-refractivity contribution in [2.75, 3.05) is 6.61 Å². The fourth-order valence-electron chi connectivity index (χ4n) is 4.53. The lowest BCUT2D eigenvalue weighted by atomic mass is 9.86. The van der Waals surface area contributed by atoms with Gasteiger partial charge in [-0.2, -0.15) is 4.73 Å². The van der Waals surface area contributed by atoms with Crippen LogP contribution in [0.25, 0.3) is 22.3 Å². The molecule has 0 bridgehead atoms. The van der Waals surface area contributed by atoms with E-state index < -0.39 is 23.4 Å². The Hall–Kier alpha value is -3.23.